The first-order chi connectivity index (χ1) is 11.9. The predicted molar refractivity (Wildman–Crippen MR) is 90.0 cm³/mol. The summed E-state index contributed by atoms with van der Waals surface area (Å²) in [5.74, 6) is -2.48. The second-order valence-corrected chi connectivity index (χ2v) is 6.35. The zero-order valence-corrected chi connectivity index (χ0v) is 14.3. The Morgan fingerprint density at radius 2 is 2.12 bits per heavy atom. The lowest BCUT2D eigenvalue weighted by atomic mass is 10.2. The molecule has 3 rings (SSSR count). The van der Waals surface area contributed by atoms with Crippen LogP contribution >= 0.6 is 11.3 Å². The number of aryl methyl sites for hydroxylation is 1. The Morgan fingerprint density at radius 1 is 1.36 bits per heavy atom. The van der Waals surface area contributed by atoms with Gasteiger partial charge in [-0.05, 0) is 25.5 Å². The van der Waals surface area contributed by atoms with E-state index in [-0.39, 0.29) is 24.1 Å². The van der Waals surface area contributed by atoms with Crippen LogP contribution in [0.25, 0.3) is 10.2 Å². The number of benzene rings is 1. The fourth-order valence-corrected chi connectivity index (χ4v) is 3.55. The Balaban J connectivity index is 2.08. The summed E-state index contributed by atoms with van der Waals surface area (Å²) in [6.45, 7) is 3.40. The van der Waals surface area contributed by atoms with Gasteiger partial charge in [0.05, 0.1) is 24.9 Å². The van der Waals surface area contributed by atoms with Crippen molar-refractivity contribution in [1.29, 1.82) is 0 Å². The van der Waals surface area contributed by atoms with Crippen molar-refractivity contribution in [3.05, 3.63) is 62.5 Å². The number of nitrogens with zero attached hydrogens (tertiary/aromatic N) is 2. The van der Waals surface area contributed by atoms with Gasteiger partial charge in [-0.2, -0.15) is 0 Å². The standard InChI is InChI=1S/C17H14F2N2O3S/c1-3-24-17(23)14-9(2)12-15(25-14)20-8-21(16(12)22)7-10-5-4-6-11(18)13(10)19/h4-6,8H,3,7H2,1-2H3. The number of hydrogen-bond acceptors (Lipinski definition) is 5. The average molecular weight is 364 g/mol. The Hall–Kier alpha value is -2.61. The Morgan fingerprint density at radius 3 is 2.84 bits per heavy atom. The molecular weight excluding hydrogens is 350 g/mol. The van der Waals surface area contributed by atoms with E-state index in [4.69, 9.17) is 4.74 Å². The van der Waals surface area contributed by atoms with E-state index in [0.717, 1.165) is 17.4 Å². The van der Waals surface area contributed by atoms with Crippen LogP contribution in [0.1, 0.15) is 27.7 Å². The number of fused-ring (bicyclic) bond motifs is 1. The summed E-state index contributed by atoms with van der Waals surface area (Å²) in [5, 5.41) is 0.285. The number of aromatic nitrogens is 2. The molecule has 0 aliphatic carbocycles. The van der Waals surface area contributed by atoms with E-state index in [2.05, 4.69) is 4.98 Å². The topological polar surface area (TPSA) is 61.2 Å². The van der Waals surface area contributed by atoms with E-state index >= 15 is 0 Å². The van der Waals surface area contributed by atoms with Crippen LogP contribution in [-0.4, -0.2) is 22.1 Å². The Kier molecular flexibility index (Phi) is 4.63. The molecule has 0 spiro atoms. The van der Waals surface area contributed by atoms with Gasteiger partial charge in [-0.1, -0.05) is 12.1 Å². The third-order valence-corrected chi connectivity index (χ3v) is 4.93. The van der Waals surface area contributed by atoms with Gasteiger partial charge < -0.3 is 4.74 Å². The highest BCUT2D eigenvalue weighted by atomic mass is 32.1. The van der Waals surface area contributed by atoms with Gasteiger partial charge in [-0.25, -0.2) is 18.6 Å². The minimum atomic E-state index is -0.997. The fraction of sp³-hybridized carbons (Fsp3) is 0.235. The number of rotatable bonds is 4. The summed E-state index contributed by atoms with van der Waals surface area (Å²) < 4.78 is 33.3. The molecule has 0 amide bonds. The molecule has 130 valence electrons. The zero-order valence-electron chi connectivity index (χ0n) is 13.5. The number of carbonyl (C=O) groups is 1. The molecule has 0 aliphatic rings. The van der Waals surface area contributed by atoms with Crippen LogP contribution in [0.2, 0.25) is 0 Å². The molecule has 25 heavy (non-hydrogen) atoms. The minimum absolute atomic E-state index is 0.0433. The van der Waals surface area contributed by atoms with Gasteiger partial charge in [0.15, 0.2) is 11.6 Å². The van der Waals surface area contributed by atoms with Gasteiger partial charge in [0.1, 0.15) is 9.71 Å². The normalized spacial score (nSPS) is 11.0. The molecule has 3 aromatic rings. The molecule has 0 saturated carbocycles. The maximum absolute atomic E-state index is 13.8. The highest BCUT2D eigenvalue weighted by Gasteiger charge is 2.20. The molecule has 1 aromatic carbocycles. The first-order valence-electron chi connectivity index (χ1n) is 7.52. The van der Waals surface area contributed by atoms with E-state index in [1.165, 1.54) is 23.0 Å². The van der Waals surface area contributed by atoms with Crippen molar-refractivity contribution in [2.45, 2.75) is 20.4 Å². The summed E-state index contributed by atoms with van der Waals surface area (Å²) >= 11 is 1.07. The van der Waals surface area contributed by atoms with Crippen molar-refractivity contribution >= 4 is 27.5 Å². The van der Waals surface area contributed by atoms with Gasteiger partial charge in [0.2, 0.25) is 0 Å². The molecule has 0 radical (unpaired) electrons. The second-order valence-electron chi connectivity index (χ2n) is 5.35. The van der Waals surface area contributed by atoms with E-state index in [0.29, 0.717) is 15.3 Å². The fourth-order valence-electron chi connectivity index (χ4n) is 2.52. The number of carbonyl (C=O) groups excluding carboxylic acids is 1. The zero-order chi connectivity index (χ0) is 18.1. The number of hydrogen-bond donors (Lipinski definition) is 0. The molecule has 0 saturated heterocycles. The van der Waals surface area contributed by atoms with Gasteiger partial charge in [-0.3, -0.25) is 9.36 Å². The molecule has 5 nitrogen and oxygen atoms in total. The number of halogens is 2. The van der Waals surface area contributed by atoms with Gasteiger partial charge >= 0.3 is 5.97 Å². The first kappa shape index (κ1) is 17.2. The summed E-state index contributed by atoms with van der Waals surface area (Å²) in [7, 11) is 0. The van der Waals surface area contributed by atoms with Crippen molar-refractivity contribution in [3.63, 3.8) is 0 Å². The van der Waals surface area contributed by atoms with E-state index in [1.807, 2.05) is 0 Å². The Bertz CT molecular complexity index is 1030. The average Bonchev–Trinajstić information content (AvgIpc) is 2.92. The number of thiophene rings is 1. The van der Waals surface area contributed by atoms with Gasteiger partial charge in [0.25, 0.3) is 5.56 Å². The van der Waals surface area contributed by atoms with Crippen LogP contribution in [-0.2, 0) is 11.3 Å². The molecule has 0 unspecified atom stereocenters. The molecule has 8 heteroatoms. The highest BCUT2D eigenvalue weighted by Crippen LogP contribution is 2.27. The van der Waals surface area contributed by atoms with E-state index in [9.17, 15) is 18.4 Å². The highest BCUT2D eigenvalue weighted by molar-refractivity contribution is 7.20. The van der Waals surface area contributed by atoms with E-state index in [1.54, 1.807) is 13.8 Å². The molecule has 0 aliphatic heterocycles. The van der Waals surface area contributed by atoms with Crippen molar-refractivity contribution < 1.29 is 18.3 Å². The molecule has 0 atom stereocenters. The lowest BCUT2D eigenvalue weighted by Crippen LogP contribution is -2.21. The molecule has 0 N–H and O–H groups in total. The van der Waals surface area contributed by atoms with Crippen LogP contribution in [0, 0.1) is 18.6 Å². The third-order valence-electron chi connectivity index (χ3n) is 3.75. The van der Waals surface area contributed by atoms with Crippen molar-refractivity contribution in [3.8, 4) is 0 Å². The van der Waals surface area contributed by atoms with Crippen LogP contribution < -0.4 is 5.56 Å². The second kappa shape index (κ2) is 6.72. The molecule has 2 aromatic heterocycles. The minimum Gasteiger partial charge on any atom is -0.462 e. The molecule has 0 bridgehead atoms. The van der Waals surface area contributed by atoms with Crippen LogP contribution in [0.5, 0.6) is 0 Å². The summed E-state index contributed by atoms with van der Waals surface area (Å²) in [4.78, 5) is 29.6. The van der Waals surface area contributed by atoms with Gasteiger partial charge in [-0.15, -0.1) is 11.3 Å². The summed E-state index contributed by atoms with van der Waals surface area (Å²) in [6, 6.07) is 3.79. The van der Waals surface area contributed by atoms with Crippen LogP contribution in [0.15, 0.2) is 29.3 Å². The smallest absolute Gasteiger partial charge is 0.348 e. The lowest BCUT2D eigenvalue weighted by molar-refractivity contribution is 0.0531. The SMILES string of the molecule is CCOC(=O)c1sc2ncn(Cc3cccc(F)c3F)c(=O)c2c1C. The molecule has 0 fully saturated rings. The number of ether oxygens (including phenoxy) is 1. The van der Waals surface area contributed by atoms with E-state index < -0.39 is 23.2 Å². The third kappa shape index (κ3) is 3.05. The molecular formula is C17H14F2N2O3S. The van der Waals surface area contributed by atoms with Crippen molar-refractivity contribution in [1.82, 2.24) is 9.55 Å². The lowest BCUT2D eigenvalue weighted by Gasteiger charge is -2.07. The maximum Gasteiger partial charge on any atom is 0.348 e. The first-order valence-corrected chi connectivity index (χ1v) is 8.34. The van der Waals surface area contributed by atoms with Crippen LogP contribution in [0.3, 0.4) is 0 Å². The Labute approximate surface area is 145 Å². The van der Waals surface area contributed by atoms with Crippen LogP contribution in [0.4, 0.5) is 8.78 Å². The maximum atomic E-state index is 13.8. The molecule has 2 heterocycles. The quantitative estimate of drug-likeness (QED) is 0.667. The number of esters is 1. The van der Waals surface area contributed by atoms with Crippen molar-refractivity contribution in [2.75, 3.05) is 6.61 Å². The monoisotopic (exact) mass is 364 g/mol. The van der Waals surface area contributed by atoms with Gasteiger partial charge in [0, 0.05) is 5.56 Å². The largest absolute Gasteiger partial charge is 0.462 e. The van der Waals surface area contributed by atoms with Crippen molar-refractivity contribution in [2.24, 2.45) is 0 Å². The summed E-state index contributed by atoms with van der Waals surface area (Å²) in [6.07, 6.45) is 1.26. The predicted octanol–water partition coefficient (Wildman–Crippen LogP) is 3.27. The summed E-state index contributed by atoms with van der Waals surface area (Å²) in [5.41, 5.74) is 0.102.